The average Bonchev–Trinajstić information content (AvgIpc) is 2.29. The Morgan fingerprint density at radius 3 is 2.31 bits per heavy atom. The number of halogens is 1. The van der Waals surface area contributed by atoms with Crippen molar-refractivity contribution < 1.29 is 0 Å². The summed E-state index contributed by atoms with van der Waals surface area (Å²) < 4.78 is 0. The highest BCUT2D eigenvalue weighted by molar-refractivity contribution is 5.85. The molecule has 1 nitrogen and oxygen atoms in total. The molecule has 1 aromatic rings. The monoisotopic (exact) mass is 241 g/mol. The maximum absolute atomic E-state index is 3.48. The van der Waals surface area contributed by atoms with Crippen molar-refractivity contribution in [3.63, 3.8) is 0 Å². The van der Waals surface area contributed by atoms with Gasteiger partial charge in [0.1, 0.15) is 0 Å². The van der Waals surface area contributed by atoms with E-state index in [4.69, 9.17) is 0 Å². The van der Waals surface area contributed by atoms with Gasteiger partial charge in [0.15, 0.2) is 0 Å². The number of benzene rings is 1. The Morgan fingerprint density at radius 1 is 0.938 bits per heavy atom. The molecule has 16 heavy (non-hydrogen) atoms. The van der Waals surface area contributed by atoms with Gasteiger partial charge in [0.2, 0.25) is 0 Å². The van der Waals surface area contributed by atoms with Crippen LogP contribution in [0.15, 0.2) is 30.3 Å². The van der Waals surface area contributed by atoms with Crippen molar-refractivity contribution in [3.8, 4) is 0 Å². The molecule has 0 aliphatic rings. The first-order valence-corrected chi connectivity index (χ1v) is 6.18. The molecule has 0 spiro atoms. The zero-order valence-corrected chi connectivity index (χ0v) is 11.1. The highest BCUT2D eigenvalue weighted by Crippen LogP contribution is 2.02. The minimum atomic E-state index is 0. The molecular weight excluding hydrogens is 218 g/mol. The minimum Gasteiger partial charge on any atom is -0.313 e. The van der Waals surface area contributed by atoms with Gasteiger partial charge in [-0.25, -0.2) is 0 Å². The molecule has 0 fully saturated rings. The third kappa shape index (κ3) is 7.72. The van der Waals surface area contributed by atoms with E-state index in [0.717, 1.165) is 13.1 Å². The summed E-state index contributed by atoms with van der Waals surface area (Å²) in [5.41, 5.74) is 1.38. The molecule has 0 saturated heterocycles. The molecule has 0 heterocycles. The smallest absolute Gasteiger partial charge is 0.0205 e. The average molecular weight is 242 g/mol. The lowest BCUT2D eigenvalue weighted by Gasteiger charge is -2.04. The standard InChI is InChI=1S/C14H23N.ClH/c1-2-3-4-5-9-12-15-13-14-10-7-6-8-11-14;/h6-8,10-11,15H,2-5,9,12-13H2,1H3;1H. The molecule has 0 atom stereocenters. The summed E-state index contributed by atoms with van der Waals surface area (Å²) in [6.07, 6.45) is 6.79. The molecular formula is C14H24ClN. The van der Waals surface area contributed by atoms with Crippen LogP contribution < -0.4 is 5.32 Å². The third-order valence-corrected chi connectivity index (χ3v) is 2.63. The number of nitrogens with one attached hydrogen (secondary N) is 1. The number of hydrogen-bond acceptors (Lipinski definition) is 1. The van der Waals surface area contributed by atoms with Crippen molar-refractivity contribution >= 4 is 12.4 Å². The lowest BCUT2D eigenvalue weighted by Crippen LogP contribution is -2.14. The maximum Gasteiger partial charge on any atom is 0.0205 e. The van der Waals surface area contributed by atoms with Crippen LogP contribution >= 0.6 is 12.4 Å². The van der Waals surface area contributed by atoms with Crippen LogP contribution in [0.1, 0.15) is 44.6 Å². The van der Waals surface area contributed by atoms with E-state index < -0.39 is 0 Å². The van der Waals surface area contributed by atoms with Crippen LogP contribution in [0.4, 0.5) is 0 Å². The van der Waals surface area contributed by atoms with Crippen LogP contribution in [-0.2, 0) is 6.54 Å². The Bertz CT molecular complexity index is 236. The fourth-order valence-electron chi connectivity index (χ4n) is 1.68. The molecule has 0 saturated carbocycles. The summed E-state index contributed by atoms with van der Waals surface area (Å²) in [7, 11) is 0. The molecule has 0 radical (unpaired) electrons. The van der Waals surface area contributed by atoms with Gasteiger partial charge < -0.3 is 5.32 Å². The largest absolute Gasteiger partial charge is 0.313 e. The van der Waals surface area contributed by atoms with Crippen LogP contribution in [0.3, 0.4) is 0 Å². The fourth-order valence-corrected chi connectivity index (χ4v) is 1.68. The predicted octanol–water partition coefficient (Wildman–Crippen LogP) is 4.17. The van der Waals surface area contributed by atoms with Crippen molar-refractivity contribution in [3.05, 3.63) is 35.9 Å². The second kappa shape index (κ2) is 11.0. The van der Waals surface area contributed by atoms with E-state index in [2.05, 4.69) is 42.6 Å². The van der Waals surface area contributed by atoms with Gasteiger partial charge in [-0.3, -0.25) is 0 Å². The SMILES string of the molecule is CCCCCCCNCc1ccccc1.Cl. The Kier molecular flexibility index (Phi) is 10.6. The molecule has 2 heteroatoms. The minimum absolute atomic E-state index is 0. The molecule has 0 aliphatic carbocycles. The van der Waals surface area contributed by atoms with Crippen LogP contribution in [0, 0.1) is 0 Å². The highest BCUT2D eigenvalue weighted by atomic mass is 35.5. The van der Waals surface area contributed by atoms with E-state index in [1.54, 1.807) is 0 Å². The molecule has 1 N–H and O–H groups in total. The molecule has 1 aromatic carbocycles. The second-order valence-corrected chi connectivity index (χ2v) is 4.08. The maximum atomic E-state index is 3.48. The third-order valence-electron chi connectivity index (χ3n) is 2.63. The van der Waals surface area contributed by atoms with Gasteiger partial charge >= 0.3 is 0 Å². The van der Waals surface area contributed by atoms with Crippen LogP contribution in [0.2, 0.25) is 0 Å². The fraction of sp³-hybridized carbons (Fsp3) is 0.571. The summed E-state index contributed by atoms with van der Waals surface area (Å²) in [5.74, 6) is 0. The van der Waals surface area contributed by atoms with Gasteiger partial charge in [0.05, 0.1) is 0 Å². The summed E-state index contributed by atoms with van der Waals surface area (Å²) in [5, 5.41) is 3.48. The van der Waals surface area contributed by atoms with Crippen molar-refractivity contribution in [2.45, 2.75) is 45.6 Å². The molecule has 1 rings (SSSR count). The molecule has 0 amide bonds. The van der Waals surface area contributed by atoms with Gasteiger partial charge in [0.25, 0.3) is 0 Å². The van der Waals surface area contributed by atoms with Crippen molar-refractivity contribution in [2.75, 3.05) is 6.54 Å². The number of unbranched alkanes of at least 4 members (excludes halogenated alkanes) is 4. The molecule has 0 unspecified atom stereocenters. The zero-order chi connectivity index (χ0) is 10.8. The van der Waals surface area contributed by atoms with Crippen molar-refractivity contribution in [2.24, 2.45) is 0 Å². The summed E-state index contributed by atoms with van der Waals surface area (Å²) in [6.45, 7) is 4.42. The predicted molar refractivity (Wildman–Crippen MR) is 74.2 cm³/mol. The first-order chi connectivity index (χ1) is 7.43. The van der Waals surface area contributed by atoms with Crippen molar-refractivity contribution in [1.82, 2.24) is 5.32 Å². The topological polar surface area (TPSA) is 12.0 Å². The van der Waals surface area contributed by atoms with E-state index >= 15 is 0 Å². The lowest BCUT2D eigenvalue weighted by molar-refractivity contribution is 0.583. The van der Waals surface area contributed by atoms with Gasteiger partial charge in [-0.15, -0.1) is 12.4 Å². The van der Waals surface area contributed by atoms with Crippen LogP contribution in [0.5, 0.6) is 0 Å². The van der Waals surface area contributed by atoms with Crippen LogP contribution in [0.25, 0.3) is 0 Å². The highest BCUT2D eigenvalue weighted by Gasteiger charge is 1.91. The lowest BCUT2D eigenvalue weighted by atomic mass is 10.1. The van der Waals surface area contributed by atoms with Gasteiger partial charge in [0, 0.05) is 6.54 Å². The normalized spacial score (nSPS) is 9.81. The Labute approximate surface area is 106 Å². The van der Waals surface area contributed by atoms with E-state index in [0.29, 0.717) is 0 Å². The molecule has 92 valence electrons. The van der Waals surface area contributed by atoms with Gasteiger partial charge in [-0.05, 0) is 18.5 Å². The number of hydrogen-bond donors (Lipinski definition) is 1. The quantitative estimate of drug-likeness (QED) is 0.674. The van der Waals surface area contributed by atoms with Gasteiger partial charge in [-0.2, -0.15) is 0 Å². The molecule has 0 bridgehead atoms. The van der Waals surface area contributed by atoms with Crippen molar-refractivity contribution in [1.29, 1.82) is 0 Å². The Balaban J connectivity index is 0.00000225. The summed E-state index contributed by atoms with van der Waals surface area (Å²) in [6, 6.07) is 10.6. The Hall–Kier alpha value is -0.530. The van der Waals surface area contributed by atoms with Gasteiger partial charge in [-0.1, -0.05) is 62.9 Å². The number of rotatable bonds is 8. The summed E-state index contributed by atoms with van der Waals surface area (Å²) >= 11 is 0. The van der Waals surface area contributed by atoms with E-state index in [1.165, 1.54) is 37.7 Å². The van der Waals surface area contributed by atoms with E-state index in [9.17, 15) is 0 Å². The zero-order valence-electron chi connectivity index (χ0n) is 10.2. The molecule has 0 aliphatic heterocycles. The van der Waals surface area contributed by atoms with Crippen LogP contribution in [-0.4, -0.2) is 6.54 Å². The Morgan fingerprint density at radius 2 is 1.62 bits per heavy atom. The first kappa shape index (κ1) is 15.5. The first-order valence-electron chi connectivity index (χ1n) is 6.18. The summed E-state index contributed by atoms with van der Waals surface area (Å²) in [4.78, 5) is 0. The van der Waals surface area contributed by atoms with E-state index in [-0.39, 0.29) is 12.4 Å². The van der Waals surface area contributed by atoms with E-state index in [1.807, 2.05) is 0 Å². The molecule has 0 aromatic heterocycles. The second-order valence-electron chi connectivity index (χ2n) is 4.08.